The summed E-state index contributed by atoms with van der Waals surface area (Å²) in [6.07, 6.45) is 5.53. The third-order valence-electron chi connectivity index (χ3n) is 5.81. The van der Waals surface area contributed by atoms with E-state index in [0.29, 0.717) is 26.3 Å². The van der Waals surface area contributed by atoms with Crippen molar-refractivity contribution in [1.29, 1.82) is 0 Å². The molecule has 5 atom stereocenters. The second kappa shape index (κ2) is 5.88. The van der Waals surface area contributed by atoms with Gasteiger partial charge in [0.2, 0.25) is 11.8 Å². The molecule has 7 nitrogen and oxygen atoms in total. The largest absolute Gasteiger partial charge is 0.378 e. The van der Waals surface area contributed by atoms with Gasteiger partial charge in [0, 0.05) is 13.1 Å². The number of nitrogens with zero attached hydrogens (tertiary/aromatic N) is 2. The van der Waals surface area contributed by atoms with Crippen molar-refractivity contribution < 1.29 is 19.1 Å². The van der Waals surface area contributed by atoms with Gasteiger partial charge >= 0.3 is 6.03 Å². The van der Waals surface area contributed by atoms with Gasteiger partial charge in [0.15, 0.2) is 0 Å². The summed E-state index contributed by atoms with van der Waals surface area (Å²) in [6, 6.07) is -0.248. The number of hydrogen-bond donors (Lipinski definition) is 1. The number of hydrogen-bond acceptors (Lipinski definition) is 4. The summed E-state index contributed by atoms with van der Waals surface area (Å²) in [5.41, 5.74) is 0. The molecule has 7 heteroatoms. The molecule has 0 aromatic carbocycles. The van der Waals surface area contributed by atoms with Crippen LogP contribution in [0.15, 0.2) is 12.2 Å². The van der Waals surface area contributed by atoms with Crippen LogP contribution in [0, 0.1) is 23.7 Å². The Balaban J connectivity index is 1.47. The first kappa shape index (κ1) is 15.6. The summed E-state index contributed by atoms with van der Waals surface area (Å²) in [5.74, 6) is -0.377. The van der Waals surface area contributed by atoms with Crippen LogP contribution in [0.5, 0.6) is 0 Å². The molecule has 130 valence electrons. The standard InChI is InChI=1S/C17H23N3O4/c1-10(18-17(23)19-6-8-24-9-7-19)20-15(21)13-11-2-3-12(5-4-11)14(13)16(20)22/h2-3,10-14H,4-9H2,1H3,(H,18,23)/t10-,11-,12-,13-,14+/m0/s1. The fourth-order valence-electron chi connectivity index (χ4n) is 4.58. The van der Waals surface area contributed by atoms with Crippen LogP contribution in [-0.4, -0.2) is 60.1 Å². The second-order valence-corrected chi connectivity index (χ2v) is 7.11. The van der Waals surface area contributed by atoms with Gasteiger partial charge in [-0.05, 0) is 31.6 Å². The molecule has 5 rings (SSSR count). The van der Waals surface area contributed by atoms with Gasteiger partial charge in [0.25, 0.3) is 0 Å². The van der Waals surface area contributed by atoms with Gasteiger partial charge in [-0.2, -0.15) is 0 Å². The lowest BCUT2D eigenvalue weighted by atomic mass is 9.63. The minimum absolute atomic E-state index is 0.126. The Morgan fingerprint density at radius 3 is 2.17 bits per heavy atom. The van der Waals surface area contributed by atoms with E-state index in [4.69, 9.17) is 4.74 Å². The average Bonchev–Trinajstić information content (AvgIpc) is 2.90. The highest BCUT2D eigenvalue weighted by Gasteiger charge is 2.57. The summed E-state index contributed by atoms with van der Waals surface area (Å²) < 4.78 is 5.24. The number of nitrogens with one attached hydrogen (secondary N) is 1. The molecule has 0 radical (unpaired) electrons. The quantitative estimate of drug-likeness (QED) is 0.592. The smallest absolute Gasteiger partial charge is 0.319 e. The number of imide groups is 1. The van der Waals surface area contributed by atoms with E-state index in [1.807, 2.05) is 0 Å². The van der Waals surface area contributed by atoms with E-state index in [-0.39, 0.29) is 41.5 Å². The highest BCUT2D eigenvalue weighted by molar-refractivity contribution is 6.06. The Bertz CT molecular complexity index is 567. The summed E-state index contributed by atoms with van der Waals surface area (Å²) in [6.45, 7) is 3.80. The number of amides is 4. The molecule has 4 amide bonds. The Labute approximate surface area is 141 Å². The van der Waals surface area contributed by atoms with E-state index in [2.05, 4.69) is 17.5 Å². The van der Waals surface area contributed by atoms with Crippen LogP contribution in [0.2, 0.25) is 0 Å². The molecule has 1 saturated carbocycles. The number of morpholine rings is 1. The van der Waals surface area contributed by atoms with Crippen molar-refractivity contribution in [3.63, 3.8) is 0 Å². The first-order valence-corrected chi connectivity index (χ1v) is 8.76. The van der Waals surface area contributed by atoms with E-state index >= 15 is 0 Å². The highest BCUT2D eigenvalue weighted by atomic mass is 16.5. The summed E-state index contributed by atoms with van der Waals surface area (Å²) in [7, 11) is 0. The van der Waals surface area contributed by atoms with Crippen molar-refractivity contribution in [3.05, 3.63) is 12.2 Å². The molecule has 2 saturated heterocycles. The normalized spacial score (nSPS) is 36.0. The van der Waals surface area contributed by atoms with Gasteiger partial charge in [-0.3, -0.25) is 14.5 Å². The lowest BCUT2D eigenvalue weighted by molar-refractivity contribution is -0.142. The molecular weight excluding hydrogens is 310 g/mol. The Kier molecular flexibility index (Phi) is 3.83. The van der Waals surface area contributed by atoms with Crippen LogP contribution in [-0.2, 0) is 14.3 Å². The van der Waals surface area contributed by atoms with Crippen LogP contribution in [0.1, 0.15) is 19.8 Å². The zero-order chi connectivity index (χ0) is 16.8. The first-order valence-electron chi connectivity index (χ1n) is 8.76. The number of carbonyl (C=O) groups excluding carboxylic acids is 3. The number of allylic oxidation sites excluding steroid dienone is 2. The molecule has 24 heavy (non-hydrogen) atoms. The van der Waals surface area contributed by atoms with E-state index < -0.39 is 6.17 Å². The molecule has 3 fully saturated rings. The SMILES string of the molecule is C[C@@H](NC(=O)N1CCOCC1)N1C(=O)[C@@H]2[C@H](C1=O)[C@H]1C=C[C@H]2CC1. The maximum absolute atomic E-state index is 12.8. The van der Waals surface area contributed by atoms with Crippen molar-refractivity contribution in [1.82, 2.24) is 15.1 Å². The fourth-order valence-corrected chi connectivity index (χ4v) is 4.58. The molecule has 0 spiro atoms. The zero-order valence-electron chi connectivity index (χ0n) is 13.8. The molecule has 0 unspecified atom stereocenters. The van der Waals surface area contributed by atoms with Crippen molar-refractivity contribution in [2.45, 2.75) is 25.9 Å². The Hall–Kier alpha value is -1.89. The van der Waals surface area contributed by atoms with Crippen molar-refractivity contribution in [2.75, 3.05) is 26.3 Å². The summed E-state index contributed by atoms with van der Waals surface area (Å²) in [5, 5.41) is 2.81. The van der Waals surface area contributed by atoms with E-state index in [1.165, 1.54) is 4.90 Å². The van der Waals surface area contributed by atoms with Crippen LogP contribution in [0.3, 0.4) is 0 Å². The molecule has 2 bridgehead atoms. The number of ether oxygens (including phenoxy) is 1. The highest BCUT2D eigenvalue weighted by Crippen LogP contribution is 2.49. The number of likely N-dealkylation sites (tertiary alicyclic amines) is 1. The molecule has 0 aromatic rings. The van der Waals surface area contributed by atoms with Crippen LogP contribution >= 0.6 is 0 Å². The summed E-state index contributed by atoms with van der Waals surface area (Å²) in [4.78, 5) is 40.9. The van der Waals surface area contributed by atoms with Crippen molar-refractivity contribution >= 4 is 17.8 Å². The van der Waals surface area contributed by atoms with Gasteiger partial charge in [0.1, 0.15) is 6.17 Å². The molecule has 5 aliphatic rings. The predicted molar refractivity (Wildman–Crippen MR) is 84.6 cm³/mol. The van der Waals surface area contributed by atoms with E-state index in [0.717, 1.165) is 12.8 Å². The van der Waals surface area contributed by atoms with Gasteiger partial charge in [0.05, 0.1) is 25.0 Å². The zero-order valence-corrected chi connectivity index (χ0v) is 13.8. The lowest BCUT2D eigenvalue weighted by Gasteiger charge is -2.38. The predicted octanol–water partition coefficient (Wildman–Crippen LogP) is 0.571. The number of carbonyl (C=O) groups is 3. The minimum Gasteiger partial charge on any atom is -0.378 e. The van der Waals surface area contributed by atoms with Crippen molar-refractivity contribution in [3.8, 4) is 0 Å². The lowest BCUT2D eigenvalue weighted by Crippen LogP contribution is -2.55. The van der Waals surface area contributed by atoms with Crippen LogP contribution in [0.4, 0.5) is 4.79 Å². The van der Waals surface area contributed by atoms with E-state index in [9.17, 15) is 14.4 Å². The monoisotopic (exact) mass is 333 g/mol. The third kappa shape index (κ3) is 2.33. The van der Waals surface area contributed by atoms with Gasteiger partial charge in [-0.25, -0.2) is 4.79 Å². The second-order valence-electron chi connectivity index (χ2n) is 7.11. The van der Waals surface area contributed by atoms with E-state index in [1.54, 1.807) is 11.8 Å². The van der Waals surface area contributed by atoms with Gasteiger partial charge in [-0.1, -0.05) is 12.2 Å². The van der Waals surface area contributed by atoms with Crippen LogP contribution in [0.25, 0.3) is 0 Å². The number of rotatable bonds is 2. The fraction of sp³-hybridized carbons (Fsp3) is 0.706. The molecule has 1 N–H and O–H groups in total. The third-order valence-corrected chi connectivity index (χ3v) is 5.81. The first-order chi connectivity index (χ1) is 11.6. The average molecular weight is 333 g/mol. The molecular formula is C17H23N3O4. The molecule has 2 heterocycles. The maximum Gasteiger partial charge on any atom is 0.319 e. The minimum atomic E-state index is -0.620. The van der Waals surface area contributed by atoms with Gasteiger partial charge in [-0.15, -0.1) is 0 Å². The topological polar surface area (TPSA) is 79.0 Å². The number of fused-ring (bicyclic) bond motifs is 1. The van der Waals surface area contributed by atoms with Crippen molar-refractivity contribution in [2.24, 2.45) is 23.7 Å². The van der Waals surface area contributed by atoms with Gasteiger partial charge < -0.3 is 15.0 Å². The Morgan fingerprint density at radius 1 is 1.12 bits per heavy atom. The summed E-state index contributed by atoms with van der Waals surface area (Å²) >= 11 is 0. The molecule has 3 aliphatic carbocycles. The molecule has 2 aliphatic heterocycles. The van der Waals surface area contributed by atoms with Crippen LogP contribution < -0.4 is 5.32 Å². The maximum atomic E-state index is 12.8. The number of urea groups is 1. The Morgan fingerprint density at radius 2 is 1.67 bits per heavy atom. The molecule has 0 aromatic heterocycles.